The molecule has 2 rings (SSSR count). The minimum absolute atomic E-state index is 0.283. The van der Waals surface area contributed by atoms with Crippen molar-refractivity contribution in [3.63, 3.8) is 0 Å². The normalized spacial score (nSPS) is 15.4. The maximum absolute atomic E-state index is 11.9. The molecule has 19 heavy (non-hydrogen) atoms. The fourth-order valence-corrected chi connectivity index (χ4v) is 1.88. The first-order valence-electron chi connectivity index (χ1n) is 6.30. The molecule has 2 amide bonds. The lowest BCUT2D eigenvalue weighted by Crippen LogP contribution is -2.38. The van der Waals surface area contributed by atoms with E-state index < -0.39 is 6.10 Å². The number of hydrogen-bond acceptors (Lipinski definition) is 3. The number of benzene rings is 1. The van der Waals surface area contributed by atoms with Crippen molar-refractivity contribution >= 4 is 11.7 Å². The highest BCUT2D eigenvalue weighted by atomic mass is 16.3. The standard InChI is InChI=1S/C14H17N3O2/c1-17(9-13(18)11-5-6-11)14(19)16-12-4-2-3-10(7-12)8-15/h2-4,7,11,13,18H,5-6,9H2,1H3,(H,16,19). The first-order valence-corrected chi connectivity index (χ1v) is 6.30. The highest BCUT2D eigenvalue weighted by Crippen LogP contribution is 2.32. The van der Waals surface area contributed by atoms with Crippen LogP contribution in [-0.2, 0) is 0 Å². The van der Waals surface area contributed by atoms with Crippen LogP contribution in [0.1, 0.15) is 18.4 Å². The summed E-state index contributed by atoms with van der Waals surface area (Å²) in [6.45, 7) is 0.328. The van der Waals surface area contributed by atoms with E-state index in [1.54, 1.807) is 31.3 Å². The van der Waals surface area contributed by atoms with Crippen molar-refractivity contribution in [3.05, 3.63) is 29.8 Å². The van der Waals surface area contributed by atoms with Crippen molar-refractivity contribution in [1.29, 1.82) is 5.26 Å². The molecule has 5 nitrogen and oxygen atoms in total. The first-order chi connectivity index (χ1) is 9.10. The third-order valence-electron chi connectivity index (χ3n) is 3.22. The molecule has 0 aromatic heterocycles. The van der Waals surface area contributed by atoms with E-state index in [4.69, 9.17) is 5.26 Å². The molecular weight excluding hydrogens is 242 g/mol. The minimum Gasteiger partial charge on any atom is -0.391 e. The molecule has 1 saturated carbocycles. The summed E-state index contributed by atoms with van der Waals surface area (Å²) in [6, 6.07) is 8.47. The van der Waals surface area contributed by atoms with Gasteiger partial charge in [-0.3, -0.25) is 0 Å². The maximum Gasteiger partial charge on any atom is 0.321 e. The number of hydrogen-bond donors (Lipinski definition) is 2. The summed E-state index contributed by atoms with van der Waals surface area (Å²) in [5.74, 6) is 0.345. The molecular formula is C14H17N3O2. The van der Waals surface area contributed by atoms with Gasteiger partial charge in [0.05, 0.1) is 17.7 Å². The Kier molecular flexibility index (Phi) is 4.03. The van der Waals surface area contributed by atoms with E-state index in [-0.39, 0.29) is 6.03 Å². The largest absolute Gasteiger partial charge is 0.391 e. The third-order valence-corrected chi connectivity index (χ3v) is 3.22. The fraction of sp³-hybridized carbons (Fsp3) is 0.429. The Labute approximate surface area is 112 Å². The van der Waals surface area contributed by atoms with Crippen molar-refractivity contribution in [1.82, 2.24) is 4.90 Å². The molecule has 0 spiro atoms. The van der Waals surface area contributed by atoms with Crippen molar-refractivity contribution in [2.45, 2.75) is 18.9 Å². The predicted molar refractivity (Wildman–Crippen MR) is 71.5 cm³/mol. The number of nitriles is 1. The lowest BCUT2D eigenvalue weighted by Gasteiger charge is -2.21. The van der Waals surface area contributed by atoms with Gasteiger partial charge < -0.3 is 15.3 Å². The number of aliphatic hydroxyl groups excluding tert-OH is 1. The summed E-state index contributed by atoms with van der Waals surface area (Å²) in [7, 11) is 1.65. The SMILES string of the molecule is CN(CC(O)C1CC1)C(=O)Nc1cccc(C#N)c1. The number of anilines is 1. The molecule has 100 valence electrons. The zero-order chi connectivity index (χ0) is 13.8. The van der Waals surface area contributed by atoms with Gasteiger partial charge in [0.2, 0.25) is 0 Å². The number of nitrogens with one attached hydrogen (secondary N) is 1. The second-order valence-electron chi connectivity index (χ2n) is 4.91. The van der Waals surface area contributed by atoms with Crippen molar-refractivity contribution in [3.8, 4) is 6.07 Å². The molecule has 5 heteroatoms. The second kappa shape index (κ2) is 5.72. The maximum atomic E-state index is 11.9. The molecule has 1 aromatic carbocycles. The molecule has 0 aliphatic heterocycles. The van der Waals surface area contributed by atoms with Crippen molar-refractivity contribution in [2.75, 3.05) is 18.9 Å². The van der Waals surface area contributed by atoms with E-state index in [9.17, 15) is 9.90 Å². The molecule has 0 heterocycles. The highest BCUT2D eigenvalue weighted by molar-refractivity contribution is 5.89. The molecule has 1 unspecified atom stereocenters. The molecule has 1 atom stereocenters. The van der Waals surface area contributed by atoms with Crippen LogP contribution < -0.4 is 5.32 Å². The van der Waals surface area contributed by atoms with E-state index >= 15 is 0 Å². The fourth-order valence-electron chi connectivity index (χ4n) is 1.88. The predicted octanol–water partition coefficient (Wildman–Crippen LogP) is 1.79. The summed E-state index contributed by atoms with van der Waals surface area (Å²) in [5, 5.41) is 21.3. The average molecular weight is 259 g/mol. The number of likely N-dealkylation sites (N-methyl/N-ethyl adjacent to an activating group) is 1. The van der Waals surface area contributed by atoms with Gasteiger partial charge in [0.15, 0.2) is 0 Å². The van der Waals surface area contributed by atoms with Crippen LogP contribution in [0.2, 0.25) is 0 Å². The van der Waals surface area contributed by atoms with Gasteiger partial charge in [0.25, 0.3) is 0 Å². The lowest BCUT2D eigenvalue weighted by molar-refractivity contribution is 0.117. The number of carbonyl (C=O) groups excluding carboxylic acids is 1. The van der Waals surface area contributed by atoms with Gasteiger partial charge in [0.1, 0.15) is 0 Å². The van der Waals surface area contributed by atoms with Crippen LogP contribution in [0.15, 0.2) is 24.3 Å². The number of rotatable bonds is 4. The monoisotopic (exact) mass is 259 g/mol. The smallest absolute Gasteiger partial charge is 0.321 e. The van der Waals surface area contributed by atoms with E-state index in [1.807, 2.05) is 6.07 Å². The number of urea groups is 1. The molecule has 1 aliphatic rings. The highest BCUT2D eigenvalue weighted by Gasteiger charge is 2.31. The van der Waals surface area contributed by atoms with Crippen LogP contribution in [0.5, 0.6) is 0 Å². The molecule has 2 N–H and O–H groups in total. The zero-order valence-electron chi connectivity index (χ0n) is 10.8. The van der Waals surface area contributed by atoms with Gasteiger partial charge in [0, 0.05) is 19.3 Å². The van der Waals surface area contributed by atoms with Crippen LogP contribution in [-0.4, -0.2) is 35.7 Å². The molecule has 0 radical (unpaired) electrons. The Morgan fingerprint density at radius 2 is 2.37 bits per heavy atom. The second-order valence-corrected chi connectivity index (χ2v) is 4.91. The molecule has 1 aromatic rings. The van der Waals surface area contributed by atoms with Crippen LogP contribution in [0.4, 0.5) is 10.5 Å². The van der Waals surface area contributed by atoms with E-state index in [0.717, 1.165) is 12.8 Å². The molecule has 0 bridgehead atoms. The Balaban J connectivity index is 1.90. The van der Waals surface area contributed by atoms with E-state index in [1.165, 1.54) is 4.90 Å². The third kappa shape index (κ3) is 3.70. The number of nitrogens with zero attached hydrogens (tertiary/aromatic N) is 2. The Hall–Kier alpha value is -2.06. The van der Waals surface area contributed by atoms with Gasteiger partial charge in [-0.2, -0.15) is 5.26 Å². The summed E-state index contributed by atoms with van der Waals surface area (Å²) < 4.78 is 0. The van der Waals surface area contributed by atoms with Crippen LogP contribution in [0.3, 0.4) is 0 Å². The van der Waals surface area contributed by atoms with Crippen LogP contribution in [0, 0.1) is 17.2 Å². The molecule has 1 fully saturated rings. The van der Waals surface area contributed by atoms with Gasteiger partial charge in [-0.25, -0.2) is 4.79 Å². The average Bonchev–Trinajstić information content (AvgIpc) is 3.23. The van der Waals surface area contributed by atoms with E-state index in [0.29, 0.717) is 23.7 Å². The van der Waals surface area contributed by atoms with Crippen LogP contribution >= 0.6 is 0 Å². The van der Waals surface area contributed by atoms with E-state index in [2.05, 4.69) is 5.32 Å². The summed E-state index contributed by atoms with van der Waals surface area (Å²) in [4.78, 5) is 13.4. The summed E-state index contributed by atoms with van der Waals surface area (Å²) in [5.41, 5.74) is 1.08. The Bertz CT molecular complexity index is 506. The van der Waals surface area contributed by atoms with Gasteiger partial charge in [-0.15, -0.1) is 0 Å². The van der Waals surface area contributed by atoms with Crippen molar-refractivity contribution in [2.24, 2.45) is 5.92 Å². The summed E-state index contributed by atoms with van der Waals surface area (Å²) >= 11 is 0. The first kappa shape index (κ1) is 13.4. The minimum atomic E-state index is -0.443. The molecule has 1 aliphatic carbocycles. The Morgan fingerprint density at radius 1 is 1.63 bits per heavy atom. The van der Waals surface area contributed by atoms with Crippen molar-refractivity contribution < 1.29 is 9.90 Å². The number of carbonyl (C=O) groups is 1. The Morgan fingerprint density at radius 3 is 3.00 bits per heavy atom. The quantitative estimate of drug-likeness (QED) is 0.865. The summed E-state index contributed by atoms with van der Waals surface area (Å²) in [6.07, 6.45) is 1.64. The van der Waals surface area contributed by atoms with Gasteiger partial charge >= 0.3 is 6.03 Å². The number of aliphatic hydroxyl groups is 1. The van der Waals surface area contributed by atoms with Gasteiger partial charge in [-0.05, 0) is 37.0 Å². The lowest BCUT2D eigenvalue weighted by atomic mass is 10.2. The molecule has 0 saturated heterocycles. The number of amides is 2. The van der Waals surface area contributed by atoms with Crippen LogP contribution in [0.25, 0.3) is 0 Å². The van der Waals surface area contributed by atoms with Gasteiger partial charge in [-0.1, -0.05) is 6.07 Å². The zero-order valence-corrected chi connectivity index (χ0v) is 10.8. The topological polar surface area (TPSA) is 76.4 Å².